The predicted molar refractivity (Wildman–Crippen MR) is 153 cm³/mol. The van der Waals surface area contributed by atoms with Crippen molar-refractivity contribution in [3.05, 3.63) is 64.4 Å². The van der Waals surface area contributed by atoms with Gasteiger partial charge in [0.2, 0.25) is 5.78 Å². The van der Waals surface area contributed by atoms with E-state index in [0.717, 1.165) is 23.2 Å². The molecule has 10 heteroatoms. The van der Waals surface area contributed by atoms with Crippen LogP contribution in [0.1, 0.15) is 37.8 Å². The van der Waals surface area contributed by atoms with Crippen LogP contribution in [0.4, 0.5) is 5.69 Å². The maximum atomic E-state index is 14.0. The Morgan fingerprint density at radius 2 is 1.78 bits per heavy atom. The van der Waals surface area contributed by atoms with Crippen molar-refractivity contribution < 1.29 is 34.8 Å². The monoisotopic (exact) mass is 561 g/mol. The number of Topliss-reactive ketones (excluding diaryl/α,β-unsaturated/α-hetero) is 2. The van der Waals surface area contributed by atoms with Crippen LogP contribution in [0.5, 0.6) is 5.75 Å². The highest BCUT2D eigenvalue weighted by Gasteiger charge is 2.64. The van der Waals surface area contributed by atoms with Gasteiger partial charge in [-0.15, -0.1) is 0 Å². The predicted octanol–water partition coefficient (Wildman–Crippen LogP) is 2.84. The molecule has 1 amide bonds. The lowest BCUT2D eigenvalue weighted by atomic mass is 9.57. The molecule has 2 aromatic carbocycles. The molecule has 2 aromatic rings. The number of amides is 1. The van der Waals surface area contributed by atoms with E-state index >= 15 is 0 Å². The number of nitrogens with zero attached hydrogens (tertiary/aromatic N) is 1. The summed E-state index contributed by atoms with van der Waals surface area (Å²) in [7, 11) is 3.15. The minimum absolute atomic E-state index is 0.0403. The molecule has 5 rings (SSSR count). The highest BCUT2D eigenvalue weighted by molar-refractivity contribution is 6.24. The maximum Gasteiger partial charge on any atom is 0.255 e. The van der Waals surface area contributed by atoms with Gasteiger partial charge in [-0.3, -0.25) is 19.3 Å². The number of hydrogen-bond acceptors (Lipinski definition) is 9. The Balaban J connectivity index is 1.65. The molecule has 0 bridgehead atoms. The third kappa shape index (κ3) is 4.20. The Kier molecular flexibility index (Phi) is 6.95. The van der Waals surface area contributed by atoms with Gasteiger partial charge in [0.15, 0.2) is 11.4 Å². The number of fused-ring (bicyclic) bond motifs is 3. The number of carbonyl (C=O) groups is 3. The average molecular weight is 562 g/mol. The first kappa shape index (κ1) is 28.4. The molecule has 0 saturated heterocycles. The van der Waals surface area contributed by atoms with Crippen molar-refractivity contribution in [2.24, 2.45) is 17.6 Å². The van der Waals surface area contributed by atoms with E-state index in [4.69, 9.17) is 5.73 Å². The number of phenols is 1. The van der Waals surface area contributed by atoms with Crippen LogP contribution in [0.2, 0.25) is 0 Å². The molecule has 1 saturated carbocycles. The number of likely N-dealkylation sites (N-methyl/N-ethyl adjacent to an activating group) is 1. The summed E-state index contributed by atoms with van der Waals surface area (Å²) in [6.45, 7) is 4.19. The number of rotatable bonds is 6. The number of benzene rings is 2. The van der Waals surface area contributed by atoms with Crippen LogP contribution in [-0.4, -0.2) is 74.6 Å². The van der Waals surface area contributed by atoms with Crippen molar-refractivity contribution in [3.63, 3.8) is 0 Å². The number of ketones is 2. The molecule has 0 aliphatic heterocycles. The van der Waals surface area contributed by atoms with Crippen LogP contribution in [0.3, 0.4) is 0 Å². The molecule has 7 N–H and O–H groups in total. The zero-order valence-electron chi connectivity index (χ0n) is 23.4. The molecule has 216 valence electrons. The van der Waals surface area contributed by atoms with Crippen LogP contribution in [0, 0.1) is 11.8 Å². The topological polar surface area (TPSA) is 173 Å². The van der Waals surface area contributed by atoms with Gasteiger partial charge in [0.1, 0.15) is 22.8 Å². The third-order valence-corrected chi connectivity index (χ3v) is 8.83. The largest absolute Gasteiger partial charge is 0.508 e. The first-order valence-electron chi connectivity index (χ1n) is 13.7. The summed E-state index contributed by atoms with van der Waals surface area (Å²) in [5, 5.41) is 48.4. The molecule has 10 nitrogen and oxygen atoms in total. The quantitative estimate of drug-likeness (QED) is 0.290. The second-order valence-corrected chi connectivity index (χ2v) is 11.5. The molecular formula is C31H35N3O7. The van der Waals surface area contributed by atoms with Gasteiger partial charge in [0.05, 0.1) is 11.6 Å². The minimum Gasteiger partial charge on any atom is -0.508 e. The first-order chi connectivity index (χ1) is 19.3. The Labute approximate surface area is 237 Å². The number of aliphatic hydroxyl groups excluding tert-OH is 2. The number of aromatic hydroxyl groups is 1. The van der Waals surface area contributed by atoms with Crippen LogP contribution < -0.4 is 11.1 Å². The zero-order chi connectivity index (χ0) is 30.0. The zero-order valence-corrected chi connectivity index (χ0v) is 23.4. The lowest BCUT2D eigenvalue weighted by Gasteiger charge is -2.50. The van der Waals surface area contributed by atoms with Crippen LogP contribution in [0.25, 0.3) is 16.9 Å². The SMILES string of the molecule is CCC(C)Nc1ccc(-c2ccc(O)c3c2CC2CC4C(N(C)C)C(=O)C(C(N)=O)=C(O)C4(O)C(=O)C2=C3O)cc1. The van der Waals surface area contributed by atoms with E-state index in [0.29, 0.717) is 11.6 Å². The van der Waals surface area contributed by atoms with Gasteiger partial charge in [-0.05, 0) is 81.1 Å². The highest BCUT2D eigenvalue weighted by atomic mass is 16.3. The van der Waals surface area contributed by atoms with Crippen LogP contribution in [-0.2, 0) is 20.8 Å². The van der Waals surface area contributed by atoms with Crippen molar-refractivity contribution in [1.82, 2.24) is 4.90 Å². The van der Waals surface area contributed by atoms with Gasteiger partial charge in [-0.25, -0.2) is 0 Å². The fraction of sp³-hybridized carbons (Fsp3) is 0.387. The number of primary amides is 1. The molecule has 0 spiro atoms. The summed E-state index contributed by atoms with van der Waals surface area (Å²) in [5.74, 6) is -6.66. The average Bonchev–Trinajstić information content (AvgIpc) is 2.91. The fourth-order valence-electron chi connectivity index (χ4n) is 6.65. The number of phenolic OH excluding ortho intramolecular Hbond substituents is 1. The van der Waals surface area contributed by atoms with Crippen molar-refractivity contribution in [3.8, 4) is 16.9 Å². The normalized spacial score (nSPS) is 26.4. The van der Waals surface area contributed by atoms with Crippen molar-refractivity contribution >= 4 is 28.9 Å². The summed E-state index contributed by atoms with van der Waals surface area (Å²) in [6.07, 6.45) is 1.23. The van der Waals surface area contributed by atoms with Gasteiger partial charge in [0.25, 0.3) is 5.91 Å². The number of carbonyl (C=O) groups excluding carboxylic acids is 3. The number of nitrogens with two attached hydrogens (primary N) is 1. The molecule has 1 fully saturated rings. The minimum atomic E-state index is -2.66. The molecule has 41 heavy (non-hydrogen) atoms. The fourth-order valence-corrected chi connectivity index (χ4v) is 6.65. The van der Waals surface area contributed by atoms with Gasteiger partial charge < -0.3 is 31.5 Å². The summed E-state index contributed by atoms with van der Waals surface area (Å²) in [6, 6.07) is 10.2. The van der Waals surface area contributed by atoms with Gasteiger partial charge in [-0.2, -0.15) is 0 Å². The second-order valence-electron chi connectivity index (χ2n) is 11.5. The molecule has 5 unspecified atom stereocenters. The highest BCUT2D eigenvalue weighted by Crippen LogP contribution is 2.53. The van der Waals surface area contributed by atoms with Gasteiger partial charge in [-0.1, -0.05) is 25.1 Å². The summed E-state index contributed by atoms with van der Waals surface area (Å²) in [5.41, 5.74) is 4.97. The van der Waals surface area contributed by atoms with Crippen molar-refractivity contribution in [2.75, 3.05) is 19.4 Å². The number of aliphatic hydroxyl groups is 3. The van der Waals surface area contributed by atoms with Crippen LogP contribution >= 0.6 is 0 Å². The van der Waals surface area contributed by atoms with E-state index in [1.165, 1.54) is 11.0 Å². The summed E-state index contributed by atoms with van der Waals surface area (Å²) >= 11 is 0. The molecule has 0 radical (unpaired) electrons. The standard InChI is InChI=1S/C31H35N3O7/c1-5-14(2)33-17-8-6-15(7-9-17)18-10-11-21(35)23-19(18)12-16-13-20-25(34(3)4)27(37)24(30(32)40)29(39)31(20,41)28(38)22(16)26(23)36/h6-11,14,16,20,25,33,35-36,39,41H,5,12-13H2,1-4H3,(H2,32,40). The van der Waals surface area contributed by atoms with Gasteiger partial charge in [0, 0.05) is 23.2 Å². The molecular weight excluding hydrogens is 526 g/mol. The lowest BCUT2D eigenvalue weighted by molar-refractivity contribution is -0.153. The molecule has 0 heterocycles. The number of nitrogens with one attached hydrogen (secondary N) is 1. The third-order valence-electron chi connectivity index (χ3n) is 8.83. The Bertz CT molecular complexity index is 1520. The summed E-state index contributed by atoms with van der Waals surface area (Å²) in [4.78, 5) is 40.8. The number of hydrogen-bond donors (Lipinski definition) is 6. The van der Waals surface area contributed by atoms with E-state index in [-0.39, 0.29) is 29.7 Å². The summed E-state index contributed by atoms with van der Waals surface area (Å²) < 4.78 is 0. The van der Waals surface area contributed by atoms with E-state index in [1.807, 2.05) is 24.3 Å². The molecule has 5 atom stereocenters. The van der Waals surface area contributed by atoms with E-state index < -0.39 is 58.0 Å². The number of anilines is 1. The van der Waals surface area contributed by atoms with E-state index in [1.54, 1.807) is 20.2 Å². The Morgan fingerprint density at radius 3 is 2.37 bits per heavy atom. The molecule has 3 aliphatic rings. The van der Waals surface area contributed by atoms with Crippen molar-refractivity contribution in [2.45, 2.75) is 50.8 Å². The smallest absolute Gasteiger partial charge is 0.255 e. The van der Waals surface area contributed by atoms with Crippen molar-refractivity contribution in [1.29, 1.82) is 0 Å². The Morgan fingerprint density at radius 1 is 1.12 bits per heavy atom. The van der Waals surface area contributed by atoms with Crippen LogP contribution in [0.15, 0.2) is 53.3 Å². The van der Waals surface area contributed by atoms with Gasteiger partial charge >= 0.3 is 0 Å². The van der Waals surface area contributed by atoms with E-state index in [2.05, 4.69) is 19.2 Å². The molecule has 3 aliphatic carbocycles. The first-order valence-corrected chi connectivity index (χ1v) is 13.7. The Hall–Kier alpha value is -4.15. The molecule has 0 aromatic heterocycles. The lowest BCUT2D eigenvalue weighted by Crippen LogP contribution is -2.65. The van der Waals surface area contributed by atoms with E-state index in [9.17, 15) is 34.8 Å². The maximum absolute atomic E-state index is 14.0. The second kappa shape index (κ2) is 10.0.